The number of aliphatic hydroxyl groups excluding tert-OH is 1. The second-order valence-corrected chi connectivity index (χ2v) is 6.93. The van der Waals surface area contributed by atoms with Crippen LogP contribution in [-0.2, 0) is 0 Å². The third kappa shape index (κ3) is 3.69. The molecule has 0 heterocycles. The molecular weight excluding hydrogens is 210 g/mol. The average Bonchev–Trinajstić information content (AvgIpc) is 2.26. The minimum Gasteiger partial charge on any atom is -0.391 e. The van der Waals surface area contributed by atoms with Crippen molar-refractivity contribution in [2.75, 3.05) is 7.05 Å². The lowest BCUT2D eigenvalue weighted by Crippen LogP contribution is -2.52. The van der Waals surface area contributed by atoms with Gasteiger partial charge in [0.15, 0.2) is 0 Å². The summed E-state index contributed by atoms with van der Waals surface area (Å²) in [7, 11) is 2.18. The Kier molecular flexibility index (Phi) is 5.03. The van der Waals surface area contributed by atoms with Crippen LogP contribution in [0.5, 0.6) is 0 Å². The summed E-state index contributed by atoms with van der Waals surface area (Å²) in [5, 5.41) is 10.2. The molecule has 2 heteroatoms. The van der Waals surface area contributed by atoms with Crippen LogP contribution in [0.3, 0.4) is 0 Å². The van der Waals surface area contributed by atoms with Gasteiger partial charge in [0, 0.05) is 12.1 Å². The molecule has 0 aromatic carbocycles. The van der Waals surface area contributed by atoms with Gasteiger partial charge in [0.05, 0.1) is 6.10 Å². The minimum atomic E-state index is -0.132. The molecular formula is C15H31NO. The van der Waals surface area contributed by atoms with Crippen molar-refractivity contribution in [2.45, 2.75) is 78.5 Å². The van der Waals surface area contributed by atoms with Gasteiger partial charge in [0.25, 0.3) is 0 Å². The number of rotatable bonds is 3. The fourth-order valence-corrected chi connectivity index (χ4v) is 2.92. The van der Waals surface area contributed by atoms with Crippen molar-refractivity contribution >= 4 is 0 Å². The third-order valence-corrected chi connectivity index (χ3v) is 4.85. The van der Waals surface area contributed by atoms with Crippen molar-refractivity contribution in [2.24, 2.45) is 11.3 Å². The molecule has 102 valence electrons. The van der Waals surface area contributed by atoms with Crippen LogP contribution in [0, 0.1) is 11.3 Å². The predicted molar refractivity (Wildman–Crippen MR) is 74.1 cm³/mol. The van der Waals surface area contributed by atoms with E-state index in [0.29, 0.717) is 12.1 Å². The van der Waals surface area contributed by atoms with E-state index in [0.717, 1.165) is 18.8 Å². The summed E-state index contributed by atoms with van der Waals surface area (Å²) in [6, 6.07) is 0.848. The average molecular weight is 241 g/mol. The zero-order valence-electron chi connectivity index (χ0n) is 12.5. The van der Waals surface area contributed by atoms with Crippen LogP contribution < -0.4 is 0 Å². The standard InChI is InChI=1S/C15H31NO/c1-7-12-8-9-14(17)13(10-12)16(6)11(2)15(3,4)5/h11-14,17H,7-10H2,1-6H3. The highest BCUT2D eigenvalue weighted by molar-refractivity contribution is 4.90. The van der Waals surface area contributed by atoms with E-state index in [4.69, 9.17) is 0 Å². The van der Waals surface area contributed by atoms with Gasteiger partial charge < -0.3 is 5.11 Å². The van der Waals surface area contributed by atoms with E-state index in [1.807, 2.05) is 0 Å². The molecule has 1 aliphatic carbocycles. The molecule has 1 N–H and O–H groups in total. The fourth-order valence-electron chi connectivity index (χ4n) is 2.92. The maximum atomic E-state index is 10.2. The maximum absolute atomic E-state index is 10.2. The van der Waals surface area contributed by atoms with Crippen LogP contribution in [0.2, 0.25) is 0 Å². The van der Waals surface area contributed by atoms with E-state index >= 15 is 0 Å². The summed E-state index contributed by atoms with van der Waals surface area (Å²) < 4.78 is 0. The van der Waals surface area contributed by atoms with Crippen molar-refractivity contribution in [1.82, 2.24) is 4.90 Å². The molecule has 1 fully saturated rings. The summed E-state index contributed by atoms with van der Waals surface area (Å²) in [4.78, 5) is 2.41. The van der Waals surface area contributed by atoms with Crippen molar-refractivity contribution in [3.8, 4) is 0 Å². The highest BCUT2D eigenvalue weighted by Crippen LogP contribution is 2.33. The Morgan fingerprint density at radius 2 is 1.88 bits per heavy atom. The molecule has 0 saturated heterocycles. The largest absolute Gasteiger partial charge is 0.391 e. The summed E-state index contributed by atoms with van der Waals surface area (Å²) in [6.07, 6.45) is 4.46. The van der Waals surface area contributed by atoms with Crippen molar-refractivity contribution in [3.05, 3.63) is 0 Å². The molecule has 1 aliphatic rings. The molecule has 1 saturated carbocycles. The zero-order chi connectivity index (χ0) is 13.2. The second-order valence-electron chi connectivity index (χ2n) is 6.93. The van der Waals surface area contributed by atoms with Gasteiger partial charge in [-0.15, -0.1) is 0 Å². The van der Waals surface area contributed by atoms with Gasteiger partial charge in [-0.1, -0.05) is 34.1 Å². The Morgan fingerprint density at radius 3 is 2.35 bits per heavy atom. The molecule has 0 aromatic rings. The number of hydrogen-bond acceptors (Lipinski definition) is 2. The minimum absolute atomic E-state index is 0.132. The van der Waals surface area contributed by atoms with Crippen LogP contribution in [0.25, 0.3) is 0 Å². The van der Waals surface area contributed by atoms with Crippen molar-refractivity contribution in [1.29, 1.82) is 0 Å². The first kappa shape index (κ1) is 15.0. The van der Waals surface area contributed by atoms with Crippen LogP contribution in [0.15, 0.2) is 0 Å². The van der Waals surface area contributed by atoms with Crippen LogP contribution >= 0.6 is 0 Å². The Labute approximate surface area is 107 Å². The SMILES string of the molecule is CCC1CCC(O)C(N(C)C(C)C(C)(C)C)C1. The molecule has 4 unspecified atom stereocenters. The molecule has 0 aromatic heterocycles. The van der Waals surface area contributed by atoms with Gasteiger partial charge in [-0.3, -0.25) is 4.90 Å². The predicted octanol–water partition coefficient (Wildman–Crippen LogP) is 3.29. The van der Waals surface area contributed by atoms with Crippen molar-refractivity contribution < 1.29 is 5.11 Å². The molecule has 17 heavy (non-hydrogen) atoms. The monoisotopic (exact) mass is 241 g/mol. The summed E-state index contributed by atoms with van der Waals surface area (Å²) in [5.74, 6) is 0.804. The maximum Gasteiger partial charge on any atom is 0.0695 e. The van der Waals surface area contributed by atoms with Gasteiger partial charge in [0.2, 0.25) is 0 Å². The first-order valence-corrected chi connectivity index (χ1v) is 7.17. The summed E-state index contributed by atoms with van der Waals surface area (Å²) in [5.41, 5.74) is 0.271. The Morgan fingerprint density at radius 1 is 1.29 bits per heavy atom. The summed E-state index contributed by atoms with van der Waals surface area (Å²) in [6.45, 7) is 11.4. The van der Waals surface area contributed by atoms with Gasteiger partial charge in [-0.2, -0.15) is 0 Å². The van der Waals surface area contributed by atoms with Crippen LogP contribution in [0.4, 0.5) is 0 Å². The van der Waals surface area contributed by atoms with Gasteiger partial charge in [0.1, 0.15) is 0 Å². The molecule has 4 atom stereocenters. The van der Waals surface area contributed by atoms with E-state index in [1.54, 1.807) is 0 Å². The lowest BCUT2D eigenvalue weighted by Gasteiger charge is -2.45. The first-order valence-electron chi connectivity index (χ1n) is 7.17. The Hall–Kier alpha value is -0.0800. The Balaban J connectivity index is 2.69. The van der Waals surface area contributed by atoms with Crippen molar-refractivity contribution in [3.63, 3.8) is 0 Å². The first-order chi connectivity index (χ1) is 7.77. The molecule has 0 bridgehead atoms. The van der Waals surface area contributed by atoms with Gasteiger partial charge in [-0.05, 0) is 44.6 Å². The van der Waals surface area contributed by atoms with E-state index in [2.05, 4.69) is 46.6 Å². The number of nitrogens with zero attached hydrogens (tertiary/aromatic N) is 1. The van der Waals surface area contributed by atoms with E-state index in [9.17, 15) is 5.11 Å². The fraction of sp³-hybridized carbons (Fsp3) is 1.00. The summed E-state index contributed by atoms with van der Waals surface area (Å²) >= 11 is 0. The van der Waals surface area contributed by atoms with E-state index in [-0.39, 0.29) is 11.5 Å². The molecule has 2 nitrogen and oxygen atoms in total. The lowest BCUT2D eigenvalue weighted by molar-refractivity contribution is -0.0213. The number of hydrogen-bond donors (Lipinski definition) is 1. The highest BCUT2D eigenvalue weighted by atomic mass is 16.3. The van der Waals surface area contributed by atoms with E-state index in [1.165, 1.54) is 12.8 Å². The smallest absolute Gasteiger partial charge is 0.0695 e. The second kappa shape index (κ2) is 5.71. The van der Waals surface area contributed by atoms with Crippen LogP contribution in [0.1, 0.15) is 60.3 Å². The molecule has 0 spiro atoms. The number of aliphatic hydroxyl groups is 1. The third-order valence-electron chi connectivity index (χ3n) is 4.85. The number of likely N-dealkylation sites (N-methyl/N-ethyl adjacent to an activating group) is 1. The zero-order valence-corrected chi connectivity index (χ0v) is 12.5. The lowest BCUT2D eigenvalue weighted by atomic mass is 9.79. The topological polar surface area (TPSA) is 23.5 Å². The quantitative estimate of drug-likeness (QED) is 0.819. The highest BCUT2D eigenvalue weighted by Gasteiger charge is 2.35. The normalized spacial score (nSPS) is 32.8. The van der Waals surface area contributed by atoms with Crippen LogP contribution in [-0.4, -0.2) is 35.2 Å². The van der Waals surface area contributed by atoms with E-state index < -0.39 is 0 Å². The molecule has 0 amide bonds. The molecule has 0 radical (unpaired) electrons. The van der Waals surface area contributed by atoms with Gasteiger partial charge in [-0.25, -0.2) is 0 Å². The molecule has 0 aliphatic heterocycles. The van der Waals surface area contributed by atoms with Gasteiger partial charge >= 0.3 is 0 Å². The Bertz CT molecular complexity index is 234. The molecule has 1 rings (SSSR count).